The monoisotopic (exact) mass is 358 g/mol. The minimum absolute atomic E-state index is 0.231. The van der Waals surface area contributed by atoms with Crippen LogP contribution in [0, 0.1) is 5.92 Å². The second-order valence-corrected chi connectivity index (χ2v) is 7.24. The number of nitrogens with zero attached hydrogens (tertiary/aromatic N) is 5. The van der Waals surface area contributed by atoms with Crippen LogP contribution in [0.15, 0.2) is 30.9 Å². The number of ether oxygens (including phenoxy) is 2. The third-order valence-electron chi connectivity index (χ3n) is 5.12. The Labute approximate surface area is 153 Å². The number of imidazole rings is 1. The Hall–Kier alpha value is -2.03. The standard InChI is InChI=1S/C18H26N6O2/c1-23-6-5-19-16(23)11-24-7-8-25-14-18(13-24)9-15(12-26-18)10-22-17-20-3-2-4-21-17/h2-6,15H,7-14H2,1H3,(H,20,21,22)/t15-,18+/m1/s1. The molecule has 4 heterocycles. The van der Waals surface area contributed by atoms with Crippen LogP contribution in [0.4, 0.5) is 5.95 Å². The molecular formula is C18H26N6O2. The van der Waals surface area contributed by atoms with Gasteiger partial charge in [0.2, 0.25) is 5.95 Å². The van der Waals surface area contributed by atoms with E-state index in [-0.39, 0.29) is 5.60 Å². The maximum atomic E-state index is 6.27. The number of hydrogen-bond acceptors (Lipinski definition) is 7. The molecule has 0 unspecified atom stereocenters. The van der Waals surface area contributed by atoms with Crippen molar-refractivity contribution in [3.8, 4) is 0 Å². The maximum absolute atomic E-state index is 6.27. The van der Waals surface area contributed by atoms with Crippen molar-refractivity contribution in [3.63, 3.8) is 0 Å². The number of rotatable bonds is 5. The van der Waals surface area contributed by atoms with Crippen molar-refractivity contribution in [2.45, 2.75) is 18.6 Å². The van der Waals surface area contributed by atoms with Gasteiger partial charge in [0.05, 0.1) is 26.4 Å². The van der Waals surface area contributed by atoms with E-state index < -0.39 is 0 Å². The quantitative estimate of drug-likeness (QED) is 0.852. The van der Waals surface area contributed by atoms with Gasteiger partial charge in [-0.25, -0.2) is 15.0 Å². The molecule has 2 aromatic rings. The minimum atomic E-state index is -0.231. The summed E-state index contributed by atoms with van der Waals surface area (Å²) in [7, 11) is 2.03. The lowest BCUT2D eigenvalue weighted by Gasteiger charge is -2.31. The highest BCUT2D eigenvalue weighted by Gasteiger charge is 2.43. The molecule has 0 amide bonds. The van der Waals surface area contributed by atoms with Gasteiger partial charge in [-0.2, -0.15) is 0 Å². The molecule has 140 valence electrons. The zero-order valence-electron chi connectivity index (χ0n) is 15.2. The van der Waals surface area contributed by atoms with E-state index in [1.54, 1.807) is 12.4 Å². The summed E-state index contributed by atoms with van der Waals surface area (Å²) in [5, 5.41) is 3.31. The zero-order valence-corrected chi connectivity index (χ0v) is 15.2. The Morgan fingerprint density at radius 3 is 2.96 bits per heavy atom. The first-order chi connectivity index (χ1) is 12.7. The minimum Gasteiger partial charge on any atom is -0.377 e. The molecule has 1 spiro atoms. The van der Waals surface area contributed by atoms with Crippen LogP contribution in [0.3, 0.4) is 0 Å². The largest absolute Gasteiger partial charge is 0.377 e. The lowest BCUT2D eigenvalue weighted by molar-refractivity contribution is -0.0564. The second kappa shape index (κ2) is 7.69. The molecule has 1 N–H and O–H groups in total. The average molecular weight is 358 g/mol. The molecule has 8 nitrogen and oxygen atoms in total. The summed E-state index contributed by atoms with van der Waals surface area (Å²) >= 11 is 0. The fourth-order valence-electron chi connectivity index (χ4n) is 3.77. The number of anilines is 1. The van der Waals surface area contributed by atoms with Crippen LogP contribution in [0.2, 0.25) is 0 Å². The Morgan fingerprint density at radius 2 is 2.15 bits per heavy atom. The number of nitrogens with one attached hydrogen (secondary N) is 1. The summed E-state index contributed by atoms with van der Waals surface area (Å²) in [6, 6.07) is 1.82. The maximum Gasteiger partial charge on any atom is 0.222 e. The van der Waals surface area contributed by atoms with Gasteiger partial charge in [-0.1, -0.05) is 0 Å². The van der Waals surface area contributed by atoms with Crippen molar-refractivity contribution < 1.29 is 9.47 Å². The van der Waals surface area contributed by atoms with Crippen LogP contribution in [-0.4, -0.2) is 69.5 Å². The molecule has 0 radical (unpaired) electrons. The fraction of sp³-hybridized carbons (Fsp3) is 0.611. The van der Waals surface area contributed by atoms with E-state index in [0.29, 0.717) is 18.5 Å². The van der Waals surface area contributed by atoms with Crippen LogP contribution in [0.5, 0.6) is 0 Å². The summed E-state index contributed by atoms with van der Waals surface area (Å²) in [5.74, 6) is 2.16. The van der Waals surface area contributed by atoms with Crippen molar-refractivity contribution in [3.05, 3.63) is 36.7 Å². The van der Waals surface area contributed by atoms with Gasteiger partial charge in [-0.15, -0.1) is 0 Å². The van der Waals surface area contributed by atoms with Crippen molar-refractivity contribution in [2.24, 2.45) is 13.0 Å². The topological polar surface area (TPSA) is 77.3 Å². The molecule has 2 saturated heterocycles. The predicted octanol–water partition coefficient (Wildman–Crippen LogP) is 0.930. The van der Waals surface area contributed by atoms with Gasteiger partial charge in [-0.05, 0) is 12.5 Å². The summed E-state index contributed by atoms with van der Waals surface area (Å²) < 4.78 is 14.2. The number of hydrogen-bond donors (Lipinski definition) is 1. The molecule has 0 bridgehead atoms. The van der Waals surface area contributed by atoms with E-state index in [0.717, 1.165) is 51.6 Å². The van der Waals surface area contributed by atoms with Crippen LogP contribution >= 0.6 is 0 Å². The molecule has 2 atom stereocenters. The Kier molecular flexibility index (Phi) is 5.14. The van der Waals surface area contributed by atoms with Crippen LogP contribution in [0.25, 0.3) is 0 Å². The van der Waals surface area contributed by atoms with E-state index in [9.17, 15) is 0 Å². The van der Waals surface area contributed by atoms with Crippen molar-refractivity contribution in [2.75, 3.05) is 44.8 Å². The first-order valence-corrected chi connectivity index (χ1v) is 9.14. The van der Waals surface area contributed by atoms with Crippen molar-refractivity contribution in [1.82, 2.24) is 24.4 Å². The van der Waals surface area contributed by atoms with E-state index in [4.69, 9.17) is 9.47 Å². The summed E-state index contributed by atoms with van der Waals surface area (Å²) in [5.41, 5.74) is -0.231. The summed E-state index contributed by atoms with van der Waals surface area (Å²) in [6.07, 6.45) is 8.30. The third-order valence-corrected chi connectivity index (χ3v) is 5.12. The predicted molar refractivity (Wildman–Crippen MR) is 96.6 cm³/mol. The third kappa shape index (κ3) is 4.03. The van der Waals surface area contributed by atoms with Gasteiger partial charge in [0.25, 0.3) is 0 Å². The first kappa shape index (κ1) is 17.4. The highest BCUT2D eigenvalue weighted by atomic mass is 16.5. The van der Waals surface area contributed by atoms with Gasteiger partial charge < -0.3 is 19.4 Å². The fourth-order valence-corrected chi connectivity index (χ4v) is 3.77. The smallest absolute Gasteiger partial charge is 0.222 e. The van der Waals surface area contributed by atoms with Crippen LogP contribution in [0.1, 0.15) is 12.2 Å². The molecule has 26 heavy (non-hydrogen) atoms. The van der Waals surface area contributed by atoms with Gasteiger partial charge >= 0.3 is 0 Å². The van der Waals surface area contributed by atoms with E-state index >= 15 is 0 Å². The number of aromatic nitrogens is 4. The molecule has 2 aliphatic heterocycles. The lowest BCUT2D eigenvalue weighted by Crippen LogP contribution is -2.44. The molecule has 2 fully saturated rings. The molecular weight excluding hydrogens is 332 g/mol. The summed E-state index contributed by atoms with van der Waals surface area (Å²) in [6.45, 7) is 5.53. The molecule has 8 heteroatoms. The Morgan fingerprint density at radius 1 is 1.27 bits per heavy atom. The SMILES string of the molecule is Cn1ccnc1CN1CCOC[C@]2(C[C@H](CNc3ncccn3)CO2)C1. The van der Waals surface area contributed by atoms with Gasteiger partial charge in [0, 0.05) is 57.4 Å². The molecule has 0 aliphatic carbocycles. The van der Waals surface area contributed by atoms with Crippen molar-refractivity contribution >= 4 is 5.95 Å². The molecule has 0 saturated carbocycles. The number of aryl methyl sites for hydroxylation is 1. The van der Waals surface area contributed by atoms with E-state index in [1.165, 1.54) is 0 Å². The van der Waals surface area contributed by atoms with Gasteiger partial charge in [0.15, 0.2) is 0 Å². The van der Waals surface area contributed by atoms with Gasteiger partial charge in [0.1, 0.15) is 11.4 Å². The first-order valence-electron chi connectivity index (χ1n) is 9.14. The average Bonchev–Trinajstić information content (AvgIpc) is 3.18. The van der Waals surface area contributed by atoms with E-state index in [1.807, 2.05) is 25.5 Å². The highest BCUT2D eigenvalue weighted by Crippen LogP contribution is 2.33. The normalized spacial score (nSPS) is 26.9. The molecule has 4 rings (SSSR count). The second-order valence-electron chi connectivity index (χ2n) is 7.24. The van der Waals surface area contributed by atoms with E-state index in [2.05, 4.69) is 29.7 Å². The molecule has 2 aromatic heterocycles. The lowest BCUT2D eigenvalue weighted by atomic mass is 9.94. The molecule has 0 aromatic carbocycles. The highest BCUT2D eigenvalue weighted by molar-refractivity contribution is 5.22. The van der Waals surface area contributed by atoms with Crippen LogP contribution < -0.4 is 5.32 Å². The van der Waals surface area contributed by atoms with Crippen molar-refractivity contribution in [1.29, 1.82) is 0 Å². The Bertz CT molecular complexity index is 709. The molecule has 2 aliphatic rings. The van der Waals surface area contributed by atoms with Crippen LogP contribution in [-0.2, 0) is 23.1 Å². The zero-order chi connectivity index (χ0) is 17.8. The Balaban J connectivity index is 1.35. The summed E-state index contributed by atoms with van der Waals surface area (Å²) in [4.78, 5) is 15.3. The van der Waals surface area contributed by atoms with Gasteiger partial charge in [-0.3, -0.25) is 4.90 Å².